The SMILES string of the molecule is O=C(Cc1ccc(F)c(Br)c1)Nc1cccc(Cn2cccn2)c1. The number of hydrogen-bond donors (Lipinski definition) is 1. The van der Waals surface area contributed by atoms with Crippen molar-refractivity contribution in [3.05, 3.63) is 82.3 Å². The smallest absolute Gasteiger partial charge is 0.228 e. The second kappa shape index (κ2) is 7.40. The Balaban J connectivity index is 1.64. The molecule has 0 bridgehead atoms. The van der Waals surface area contributed by atoms with E-state index < -0.39 is 0 Å². The summed E-state index contributed by atoms with van der Waals surface area (Å²) in [5, 5.41) is 7.03. The molecule has 1 aromatic heterocycles. The van der Waals surface area contributed by atoms with Gasteiger partial charge in [-0.2, -0.15) is 5.10 Å². The molecule has 3 rings (SSSR count). The Kier molecular flexibility index (Phi) is 5.05. The van der Waals surface area contributed by atoms with Crippen molar-refractivity contribution in [2.45, 2.75) is 13.0 Å². The normalized spacial score (nSPS) is 10.6. The first-order chi connectivity index (χ1) is 11.6. The van der Waals surface area contributed by atoms with E-state index in [-0.39, 0.29) is 18.1 Å². The molecule has 3 aromatic rings. The molecular weight excluding hydrogens is 373 g/mol. The Labute approximate surface area is 147 Å². The minimum Gasteiger partial charge on any atom is -0.326 e. The van der Waals surface area contributed by atoms with E-state index in [0.717, 1.165) is 16.8 Å². The first kappa shape index (κ1) is 16.4. The second-order valence-corrected chi connectivity index (χ2v) is 6.23. The summed E-state index contributed by atoms with van der Waals surface area (Å²) in [6.45, 7) is 0.640. The quantitative estimate of drug-likeness (QED) is 0.718. The third-order valence-electron chi connectivity index (χ3n) is 3.46. The van der Waals surface area contributed by atoms with Gasteiger partial charge in [0.2, 0.25) is 5.91 Å². The highest BCUT2D eigenvalue weighted by atomic mass is 79.9. The van der Waals surface area contributed by atoms with Crippen molar-refractivity contribution in [3.8, 4) is 0 Å². The van der Waals surface area contributed by atoms with Crippen LogP contribution in [0.1, 0.15) is 11.1 Å². The van der Waals surface area contributed by atoms with Crippen LogP contribution in [0, 0.1) is 5.82 Å². The van der Waals surface area contributed by atoms with Gasteiger partial charge in [0.1, 0.15) is 5.82 Å². The van der Waals surface area contributed by atoms with E-state index in [0.29, 0.717) is 11.0 Å². The van der Waals surface area contributed by atoms with E-state index >= 15 is 0 Å². The van der Waals surface area contributed by atoms with Gasteiger partial charge >= 0.3 is 0 Å². The van der Waals surface area contributed by atoms with Crippen LogP contribution in [0.3, 0.4) is 0 Å². The summed E-state index contributed by atoms with van der Waals surface area (Å²) in [7, 11) is 0. The molecule has 0 fully saturated rings. The summed E-state index contributed by atoms with van der Waals surface area (Å²) < 4.78 is 15.4. The molecule has 0 spiro atoms. The number of carbonyl (C=O) groups excluding carboxylic acids is 1. The zero-order chi connectivity index (χ0) is 16.9. The number of anilines is 1. The molecule has 1 amide bonds. The van der Waals surface area contributed by atoms with E-state index in [9.17, 15) is 9.18 Å². The van der Waals surface area contributed by atoms with Crippen LogP contribution in [0.4, 0.5) is 10.1 Å². The van der Waals surface area contributed by atoms with E-state index in [1.807, 2.05) is 41.2 Å². The van der Waals surface area contributed by atoms with Gasteiger partial charge in [-0.3, -0.25) is 9.48 Å². The fraction of sp³-hybridized carbons (Fsp3) is 0.111. The molecule has 1 N–H and O–H groups in total. The average Bonchev–Trinajstić information content (AvgIpc) is 3.04. The van der Waals surface area contributed by atoms with Crippen molar-refractivity contribution in [1.29, 1.82) is 0 Å². The Morgan fingerprint density at radius 2 is 2.04 bits per heavy atom. The first-order valence-corrected chi connectivity index (χ1v) is 8.19. The lowest BCUT2D eigenvalue weighted by Gasteiger charge is -2.08. The van der Waals surface area contributed by atoms with Crippen LogP contribution in [0.15, 0.2) is 65.4 Å². The molecule has 1 heterocycles. The Morgan fingerprint density at radius 3 is 2.79 bits per heavy atom. The van der Waals surface area contributed by atoms with E-state index in [2.05, 4.69) is 26.3 Å². The monoisotopic (exact) mass is 387 g/mol. The van der Waals surface area contributed by atoms with Crippen molar-refractivity contribution >= 4 is 27.5 Å². The number of rotatable bonds is 5. The Bertz CT molecular complexity index is 849. The Hall–Kier alpha value is -2.47. The summed E-state index contributed by atoms with van der Waals surface area (Å²) in [6, 6.07) is 14.1. The van der Waals surface area contributed by atoms with Crippen molar-refractivity contribution in [1.82, 2.24) is 9.78 Å². The zero-order valence-electron chi connectivity index (χ0n) is 12.7. The third-order valence-corrected chi connectivity index (χ3v) is 4.07. The van der Waals surface area contributed by atoms with Gasteiger partial charge in [0.15, 0.2) is 0 Å². The number of nitrogens with zero attached hydrogens (tertiary/aromatic N) is 2. The molecule has 0 aliphatic carbocycles. The van der Waals surface area contributed by atoms with E-state index in [1.54, 1.807) is 18.3 Å². The third kappa shape index (κ3) is 4.29. The van der Waals surface area contributed by atoms with Gasteiger partial charge in [0.05, 0.1) is 17.4 Å². The fourth-order valence-corrected chi connectivity index (χ4v) is 2.79. The Morgan fingerprint density at radius 1 is 1.17 bits per heavy atom. The van der Waals surface area contributed by atoms with Crippen LogP contribution in [0.5, 0.6) is 0 Å². The summed E-state index contributed by atoms with van der Waals surface area (Å²) in [5.41, 5.74) is 2.51. The van der Waals surface area contributed by atoms with Crippen LogP contribution in [-0.4, -0.2) is 15.7 Å². The van der Waals surface area contributed by atoms with Gasteiger partial charge in [-0.05, 0) is 57.4 Å². The average molecular weight is 388 g/mol. The molecule has 0 radical (unpaired) electrons. The number of halogens is 2. The van der Waals surface area contributed by atoms with Crippen molar-refractivity contribution in [3.63, 3.8) is 0 Å². The summed E-state index contributed by atoms with van der Waals surface area (Å²) >= 11 is 3.13. The minimum atomic E-state index is -0.342. The van der Waals surface area contributed by atoms with Gasteiger partial charge in [-0.1, -0.05) is 18.2 Å². The van der Waals surface area contributed by atoms with Gasteiger partial charge < -0.3 is 5.32 Å². The summed E-state index contributed by atoms with van der Waals surface area (Å²) in [6.07, 6.45) is 3.80. The predicted molar refractivity (Wildman–Crippen MR) is 94.2 cm³/mol. The fourth-order valence-electron chi connectivity index (χ4n) is 2.37. The molecule has 0 aliphatic heterocycles. The van der Waals surface area contributed by atoms with Gasteiger partial charge in [-0.25, -0.2) is 4.39 Å². The molecule has 0 aliphatic rings. The van der Waals surface area contributed by atoms with Crippen LogP contribution < -0.4 is 5.32 Å². The lowest BCUT2D eigenvalue weighted by Crippen LogP contribution is -2.14. The predicted octanol–water partition coefficient (Wildman–Crippen LogP) is 4.01. The van der Waals surface area contributed by atoms with E-state index in [4.69, 9.17) is 0 Å². The van der Waals surface area contributed by atoms with Crippen LogP contribution >= 0.6 is 15.9 Å². The molecule has 24 heavy (non-hydrogen) atoms. The van der Waals surface area contributed by atoms with Gasteiger partial charge in [0.25, 0.3) is 0 Å². The molecule has 0 saturated heterocycles. The maximum atomic E-state index is 13.2. The highest BCUT2D eigenvalue weighted by Gasteiger charge is 2.07. The number of amides is 1. The molecule has 0 atom stereocenters. The van der Waals surface area contributed by atoms with E-state index in [1.165, 1.54) is 6.07 Å². The number of carbonyl (C=O) groups is 1. The molecule has 122 valence electrons. The molecule has 0 unspecified atom stereocenters. The first-order valence-electron chi connectivity index (χ1n) is 7.40. The summed E-state index contributed by atoms with van der Waals surface area (Å²) in [4.78, 5) is 12.2. The zero-order valence-corrected chi connectivity index (χ0v) is 14.3. The standard InChI is InChI=1S/C18H15BrFN3O/c19-16-10-13(5-6-17(16)20)11-18(24)22-15-4-1-3-14(9-15)12-23-8-2-7-21-23/h1-10H,11-12H2,(H,22,24). The number of aromatic nitrogens is 2. The number of hydrogen-bond acceptors (Lipinski definition) is 2. The molecule has 2 aromatic carbocycles. The van der Waals surface area contributed by atoms with Crippen molar-refractivity contribution in [2.24, 2.45) is 0 Å². The van der Waals surface area contributed by atoms with Crippen molar-refractivity contribution < 1.29 is 9.18 Å². The topological polar surface area (TPSA) is 46.9 Å². The molecule has 4 nitrogen and oxygen atoms in total. The number of benzene rings is 2. The minimum absolute atomic E-state index is 0.148. The molecular formula is C18H15BrFN3O. The van der Waals surface area contributed by atoms with Gasteiger partial charge in [-0.15, -0.1) is 0 Å². The van der Waals surface area contributed by atoms with Gasteiger partial charge in [0, 0.05) is 18.1 Å². The largest absolute Gasteiger partial charge is 0.326 e. The second-order valence-electron chi connectivity index (χ2n) is 5.38. The maximum absolute atomic E-state index is 13.2. The highest BCUT2D eigenvalue weighted by Crippen LogP contribution is 2.18. The summed E-state index contributed by atoms with van der Waals surface area (Å²) in [5.74, 6) is -0.491. The van der Waals surface area contributed by atoms with Crippen LogP contribution in [0.25, 0.3) is 0 Å². The highest BCUT2D eigenvalue weighted by molar-refractivity contribution is 9.10. The van der Waals surface area contributed by atoms with Crippen LogP contribution in [-0.2, 0) is 17.8 Å². The van der Waals surface area contributed by atoms with Crippen LogP contribution in [0.2, 0.25) is 0 Å². The number of nitrogens with one attached hydrogen (secondary N) is 1. The maximum Gasteiger partial charge on any atom is 0.228 e. The molecule has 6 heteroatoms. The lowest BCUT2D eigenvalue weighted by molar-refractivity contribution is -0.115. The van der Waals surface area contributed by atoms with Crippen molar-refractivity contribution in [2.75, 3.05) is 5.32 Å². The lowest BCUT2D eigenvalue weighted by atomic mass is 10.1. The molecule has 0 saturated carbocycles.